The SMILES string of the molecule is COCc1ccc(CNC(=O)c2c(-c3ccccc3)c(-c3ccc(F)cc3)c(CC[C@@H](O)C[C@@H](O)CC(=O)[O-])n2C(C)C)cc1.[Na+]. The van der Waals surface area contributed by atoms with Gasteiger partial charge in [-0.05, 0) is 67.5 Å². The van der Waals surface area contributed by atoms with Crippen LogP contribution in [-0.2, 0) is 29.1 Å². The molecular weight excluding hydrogens is 598 g/mol. The number of ether oxygens (including phenoxy) is 1. The number of hydrogen-bond acceptors (Lipinski definition) is 6. The fraction of sp³-hybridized carbons (Fsp3) is 0.333. The molecule has 8 nitrogen and oxygen atoms in total. The standard InChI is InChI=1S/C36H41FN2O6.Na/c1-23(2)39-31(18-17-29(40)19-30(41)20-32(42)43)33(27-13-15-28(37)16-14-27)34(26-7-5-4-6-8-26)35(39)36(44)38-21-24-9-11-25(12-10-24)22-45-3;/h4-16,23,29-30,40-41H,17-22H2,1-3H3,(H,38,44)(H,42,43);/q;+1/p-1/t29-,30-;/m1./s1. The van der Waals surface area contributed by atoms with Gasteiger partial charge in [0, 0.05) is 48.9 Å². The van der Waals surface area contributed by atoms with Crippen molar-refractivity contribution in [1.82, 2.24) is 9.88 Å². The van der Waals surface area contributed by atoms with Crippen molar-refractivity contribution in [2.45, 2.75) is 70.9 Å². The molecule has 10 heteroatoms. The molecule has 0 aliphatic carbocycles. The topological polar surface area (TPSA) is 124 Å². The number of aromatic nitrogens is 1. The number of benzene rings is 3. The molecule has 3 N–H and O–H groups in total. The van der Waals surface area contributed by atoms with Gasteiger partial charge in [-0.2, -0.15) is 0 Å². The van der Waals surface area contributed by atoms with Gasteiger partial charge in [0.2, 0.25) is 0 Å². The number of aliphatic hydroxyl groups is 2. The summed E-state index contributed by atoms with van der Waals surface area (Å²) in [5.41, 5.74) is 6.08. The number of nitrogens with zero attached hydrogens (tertiary/aromatic N) is 1. The van der Waals surface area contributed by atoms with Crippen molar-refractivity contribution in [2.75, 3.05) is 7.11 Å². The Kier molecular flexibility index (Phi) is 14.2. The van der Waals surface area contributed by atoms with Crippen LogP contribution in [0.4, 0.5) is 4.39 Å². The molecule has 2 atom stereocenters. The predicted molar refractivity (Wildman–Crippen MR) is 169 cm³/mol. The average molecular weight is 639 g/mol. The van der Waals surface area contributed by atoms with E-state index in [0.29, 0.717) is 36.4 Å². The number of aliphatic carboxylic acids is 1. The molecule has 46 heavy (non-hydrogen) atoms. The van der Waals surface area contributed by atoms with Crippen LogP contribution in [0, 0.1) is 5.82 Å². The smallest absolute Gasteiger partial charge is 0.550 e. The van der Waals surface area contributed by atoms with Crippen molar-refractivity contribution < 1.29 is 63.6 Å². The van der Waals surface area contributed by atoms with Crippen molar-refractivity contribution in [3.05, 3.63) is 107 Å². The Bertz CT molecular complexity index is 1570. The Morgan fingerprint density at radius 1 is 0.891 bits per heavy atom. The molecule has 0 spiro atoms. The van der Waals surface area contributed by atoms with Gasteiger partial charge in [0.05, 0.1) is 18.8 Å². The number of carboxylic acids is 1. The number of halogens is 1. The molecule has 4 aromatic rings. The second-order valence-corrected chi connectivity index (χ2v) is 11.5. The van der Waals surface area contributed by atoms with Crippen LogP contribution in [0.25, 0.3) is 22.3 Å². The van der Waals surface area contributed by atoms with Crippen molar-refractivity contribution in [3.63, 3.8) is 0 Å². The normalized spacial score (nSPS) is 12.4. The van der Waals surface area contributed by atoms with E-state index < -0.39 is 30.4 Å². The van der Waals surface area contributed by atoms with Crippen LogP contribution in [0.5, 0.6) is 0 Å². The monoisotopic (exact) mass is 638 g/mol. The van der Waals surface area contributed by atoms with Gasteiger partial charge in [0.25, 0.3) is 5.91 Å². The number of amides is 1. The molecule has 0 aliphatic heterocycles. The summed E-state index contributed by atoms with van der Waals surface area (Å²) in [6, 6.07) is 23.2. The van der Waals surface area contributed by atoms with E-state index >= 15 is 0 Å². The van der Waals surface area contributed by atoms with Crippen LogP contribution >= 0.6 is 0 Å². The number of carbonyl (C=O) groups excluding carboxylic acids is 2. The van der Waals surface area contributed by atoms with Crippen molar-refractivity contribution in [3.8, 4) is 22.3 Å². The van der Waals surface area contributed by atoms with Crippen molar-refractivity contribution in [1.29, 1.82) is 0 Å². The first kappa shape index (κ1) is 37.2. The number of aliphatic hydroxyl groups excluding tert-OH is 2. The summed E-state index contributed by atoms with van der Waals surface area (Å²) in [6.45, 7) is 4.73. The third-order valence-electron chi connectivity index (χ3n) is 7.68. The number of rotatable bonds is 15. The Balaban J connectivity index is 0.00000576. The van der Waals surface area contributed by atoms with E-state index in [1.807, 2.05) is 73.0 Å². The van der Waals surface area contributed by atoms with Gasteiger partial charge in [-0.25, -0.2) is 4.39 Å². The van der Waals surface area contributed by atoms with E-state index in [1.54, 1.807) is 19.2 Å². The number of methoxy groups -OCH3 is 1. The molecule has 4 rings (SSSR count). The number of carboxylic acid groups (broad SMARTS) is 1. The van der Waals surface area contributed by atoms with E-state index in [0.717, 1.165) is 27.9 Å². The number of hydrogen-bond donors (Lipinski definition) is 3. The molecule has 238 valence electrons. The summed E-state index contributed by atoms with van der Waals surface area (Å²) in [5.74, 6) is -2.07. The van der Waals surface area contributed by atoms with Gasteiger partial charge in [0.15, 0.2) is 0 Å². The Morgan fingerprint density at radius 3 is 2.09 bits per heavy atom. The summed E-state index contributed by atoms with van der Waals surface area (Å²) in [7, 11) is 1.64. The van der Waals surface area contributed by atoms with Gasteiger partial charge >= 0.3 is 29.6 Å². The third kappa shape index (κ3) is 9.61. The fourth-order valence-electron chi connectivity index (χ4n) is 5.69. The molecule has 0 saturated carbocycles. The summed E-state index contributed by atoms with van der Waals surface area (Å²) in [4.78, 5) is 25.1. The zero-order valence-corrected chi connectivity index (χ0v) is 28.8. The van der Waals surface area contributed by atoms with Gasteiger partial charge in [0.1, 0.15) is 11.5 Å². The van der Waals surface area contributed by atoms with E-state index in [9.17, 15) is 29.3 Å². The molecule has 3 aromatic carbocycles. The van der Waals surface area contributed by atoms with Crippen LogP contribution in [-0.4, -0.2) is 46.0 Å². The minimum absolute atomic E-state index is 0. The maximum Gasteiger partial charge on any atom is 1.00 e. The largest absolute Gasteiger partial charge is 1.00 e. The molecule has 0 aliphatic rings. The molecule has 0 radical (unpaired) electrons. The van der Waals surface area contributed by atoms with E-state index in [2.05, 4.69) is 5.32 Å². The van der Waals surface area contributed by atoms with Gasteiger partial charge in [-0.15, -0.1) is 0 Å². The molecule has 1 aromatic heterocycles. The van der Waals surface area contributed by atoms with Crippen LogP contribution in [0.15, 0.2) is 78.9 Å². The molecule has 0 saturated heterocycles. The molecule has 1 amide bonds. The zero-order chi connectivity index (χ0) is 32.5. The summed E-state index contributed by atoms with van der Waals surface area (Å²) in [6.07, 6.45) is -2.46. The predicted octanol–water partition coefficient (Wildman–Crippen LogP) is 1.81. The van der Waals surface area contributed by atoms with Crippen LogP contribution < -0.4 is 40.0 Å². The summed E-state index contributed by atoms with van der Waals surface area (Å²) in [5, 5.41) is 34.8. The molecule has 0 bridgehead atoms. The second kappa shape index (κ2) is 17.6. The fourth-order valence-corrected chi connectivity index (χ4v) is 5.69. The molecule has 0 unspecified atom stereocenters. The maximum absolute atomic E-state index is 14.2. The molecule has 1 heterocycles. The number of nitrogens with one attached hydrogen (secondary N) is 1. The average Bonchev–Trinajstić information content (AvgIpc) is 3.35. The number of carbonyl (C=O) groups is 2. The second-order valence-electron chi connectivity index (χ2n) is 11.5. The van der Waals surface area contributed by atoms with Crippen molar-refractivity contribution in [2.24, 2.45) is 0 Å². The third-order valence-corrected chi connectivity index (χ3v) is 7.68. The Morgan fingerprint density at radius 2 is 1.50 bits per heavy atom. The summed E-state index contributed by atoms with van der Waals surface area (Å²) >= 11 is 0. The van der Waals surface area contributed by atoms with E-state index in [1.165, 1.54) is 12.1 Å². The molecular formula is C36H40FN2NaO6. The van der Waals surface area contributed by atoms with E-state index in [-0.39, 0.29) is 54.3 Å². The minimum Gasteiger partial charge on any atom is -0.550 e. The summed E-state index contributed by atoms with van der Waals surface area (Å²) < 4.78 is 21.2. The van der Waals surface area contributed by atoms with Crippen LogP contribution in [0.3, 0.4) is 0 Å². The van der Waals surface area contributed by atoms with Gasteiger partial charge < -0.3 is 34.7 Å². The first-order chi connectivity index (χ1) is 21.6. The minimum atomic E-state index is -1.39. The molecule has 0 fully saturated rings. The zero-order valence-electron chi connectivity index (χ0n) is 26.8. The Hall–Kier alpha value is -3.31. The van der Waals surface area contributed by atoms with Gasteiger partial charge in [-0.3, -0.25) is 4.79 Å². The first-order valence-corrected chi connectivity index (χ1v) is 15.1. The van der Waals surface area contributed by atoms with Gasteiger partial charge in [-0.1, -0.05) is 66.7 Å². The van der Waals surface area contributed by atoms with E-state index in [4.69, 9.17) is 4.74 Å². The van der Waals surface area contributed by atoms with Crippen LogP contribution in [0.2, 0.25) is 0 Å². The van der Waals surface area contributed by atoms with Crippen LogP contribution in [0.1, 0.15) is 66.5 Å². The quantitative estimate of drug-likeness (QED) is 0.171. The maximum atomic E-state index is 14.2. The van der Waals surface area contributed by atoms with Crippen molar-refractivity contribution >= 4 is 11.9 Å². The first-order valence-electron chi connectivity index (χ1n) is 15.1. The Labute approximate surface area is 291 Å².